The van der Waals surface area contributed by atoms with E-state index >= 15 is 0 Å². The van der Waals surface area contributed by atoms with E-state index in [1.54, 1.807) is 0 Å². The van der Waals surface area contributed by atoms with Crippen LogP contribution in [0.25, 0.3) is 0 Å². The topological polar surface area (TPSA) is 52.0 Å². The van der Waals surface area contributed by atoms with Crippen molar-refractivity contribution in [1.82, 2.24) is 0 Å². The summed E-state index contributed by atoms with van der Waals surface area (Å²) in [6.07, 6.45) is 0. The molecule has 10 heteroatoms. The highest BCUT2D eigenvalue weighted by molar-refractivity contribution is 14.1. The zero-order chi connectivity index (χ0) is 18.9. The Bertz CT molecular complexity index is 542. The molecule has 0 atom stereocenters. The van der Waals surface area contributed by atoms with Gasteiger partial charge >= 0.3 is 0 Å². The second kappa shape index (κ2) is 7.57. The molecule has 2 rings (SSSR count). The Balaban J connectivity index is 0.000000240. The molecule has 0 saturated heterocycles. The number of hydrogen-bond donors (Lipinski definition) is 2. The fraction of sp³-hybridized carbons (Fsp3) is 0. The zero-order valence-corrected chi connectivity index (χ0v) is 14.5. The van der Waals surface area contributed by atoms with Crippen molar-refractivity contribution in [1.29, 1.82) is 0 Å². The lowest BCUT2D eigenvalue weighted by molar-refractivity contribution is 0.530. The van der Waals surface area contributed by atoms with Gasteiger partial charge in [-0.2, -0.15) is 0 Å². The summed E-state index contributed by atoms with van der Waals surface area (Å²) in [5, 5.41) is 0. The molecule has 0 aliphatic carbocycles. The van der Waals surface area contributed by atoms with Gasteiger partial charge in [0.2, 0.25) is 0 Å². The maximum absolute atomic E-state index is 12.9. The Morgan fingerprint density at radius 3 is 1.45 bits per heavy atom. The number of hydrogen-bond acceptors (Lipinski definition) is 2. The van der Waals surface area contributed by atoms with Crippen molar-refractivity contribution in [3.63, 3.8) is 0 Å². The van der Waals surface area contributed by atoms with Crippen LogP contribution in [0, 0.1) is 42.0 Å². The van der Waals surface area contributed by atoms with Crippen LogP contribution in [-0.2, 0) is 0 Å². The molecule has 0 aliphatic heterocycles. The molecule has 0 heterocycles. The fourth-order valence-corrected chi connectivity index (χ4v) is 2.71. The molecule has 0 radical (unpaired) electrons. The minimum atomic E-state index is -1.54. The quantitative estimate of drug-likeness (QED) is 0.167. The number of rotatable bonds is 0. The first-order chi connectivity index (χ1) is 10.9. The summed E-state index contributed by atoms with van der Waals surface area (Å²) in [5.41, 5.74) is 8.19. The number of halogens is 8. The van der Waals surface area contributed by atoms with Crippen LogP contribution < -0.4 is 11.5 Å². The van der Waals surface area contributed by atoms with E-state index in [2.05, 4.69) is 0 Å². The largest absolute Gasteiger partial charge is 0.394 e. The first kappa shape index (κ1) is 16.0. The van der Waals surface area contributed by atoms with Gasteiger partial charge in [-0.05, 0) is 45.2 Å². The Morgan fingerprint density at radius 1 is 0.727 bits per heavy atom. The van der Waals surface area contributed by atoms with E-state index in [1.807, 2.05) is 0 Å². The number of nitrogens with two attached hydrogens (primary N) is 2. The molecule has 4 N–H and O–H groups in total. The smallest absolute Gasteiger partial charge is 0.165 e. The molecule has 2 aromatic carbocycles. The molecule has 0 amide bonds. The van der Waals surface area contributed by atoms with Crippen LogP contribution in [0.4, 0.5) is 37.7 Å². The van der Waals surface area contributed by atoms with Gasteiger partial charge in [0.15, 0.2) is 29.1 Å². The number of benzene rings is 2. The highest BCUT2D eigenvalue weighted by Crippen LogP contribution is 2.28. The summed E-state index contributed by atoms with van der Waals surface area (Å²) in [5.74, 6) is -7.46. The van der Waals surface area contributed by atoms with Crippen LogP contribution in [0.15, 0.2) is 12.1 Å². The van der Waals surface area contributed by atoms with Crippen molar-refractivity contribution in [3.05, 3.63) is 54.1 Å². The molecule has 0 aromatic heterocycles. The fourth-order valence-electron chi connectivity index (χ4n) is 1.08. The third-order valence-electron chi connectivity index (χ3n) is 2.16. The molecule has 0 fully saturated rings. The van der Waals surface area contributed by atoms with Crippen LogP contribution >= 0.6 is 45.2 Å². The maximum Gasteiger partial charge on any atom is 0.165 e. The minimum Gasteiger partial charge on any atom is -0.394 e. The van der Waals surface area contributed by atoms with Gasteiger partial charge in [0.05, 0.1) is 9.88 Å². The first-order valence-corrected chi connectivity index (χ1v) is 7.25. The SMILES string of the molecule is Nc1c(F)c(I)c(F)c(I)c1F.[2H]c1c(F)c([2H])c(F)c(N)c1F. The van der Waals surface area contributed by atoms with E-state index in [-0.39, 0.29) is 7.14 Å². The molecule has 0 aliphatic rings. The van der Waals surface area contributed by atoms with Crippen LogP contribution in [0.5, 0.6) is 0 Å². The highest BCUT2D eigenvalue weighted by atomic mass is 127. The molecule has 0 unspecified atom stereocenters. The Hall–Kier alpha value is -0.920. The van der Waals surface area contributed by atoms with Gasteiger partial charge in [-0.25, -0.2) is 26.3 Å². The summed E-state index contributed by atoms with van der Waals surface area (Å²) in [6, 6.07) is -2.36. The average molecular weight is 548 g/mol. The predicted molar refractivity (Wildman–Crippen MR) is 86.9 cm³/mol. The van der Waals surface area contributed by atoms with Crippen molar-refractivity contribution >= 4 is 56.6 Å². The van der Waals surface area contributed by atoms with Gasteiger partial charge in [0, 0.05) is 12.1 Å². The third kappa shape index (κ3) is 4.08. The van der Waals surface area contributed by atoms with E-state index in [1.165, 1.54) is 45.2 Å². The van der Waals surface area contributed by atoms with Crippen LogP contribution in [0.2, 0.25) is 0 Å². The summed E-state index contributed by atoms with van der Waals surface area (Å²) in [6.45, 7) is 0. The standard InChI is InChI=1S/C6H2F3I2N.C6H4F3N/c7-1-4(10)2(8)6(12)3(9)5(1)11;7-3-1-4(8)6(10)5(9)2-3/h12H2;1-2H,10H2/i;1D,2D. The summed E-state index contributed by atoms with van der Waals surface area (Å²) in [7, 11) is 0. The zero-order valence-electron chi connectivity index (χ0n) is 12.2. The average Bonchev–Trinajstić information content (AvgIpc) is 2.58. The molecule has 22 heavy (non-hydrogen) atoms. The first-order valence-electron chi connectivity index (χ1n) is 6.09. The molecule has 120 valence electrons. The lowest BCUT2D eigenvalue weighted by atomic mass is 10.3. The lowest BCUT2D eigenvalue weighted by Gasteiger charge is -2.04. The molecular weight excluding hydrogens is 540 g/mol. The predicted octanol–water partition coefficient (Wildman–Crippen LogP) is 4.58. The van der Waals surface area contributed by atoms with E-state index in [0.29, 0.717) is 0 Å². The summed E-state index contributed by atoms with van der Waals surface area (Å²) >= 11 is 2.87. The second-order valence-corrected chi connectivity index (χ2v) is 5.75. The monoisotopic (exact) mass is 548 g/mol. The van der Waals surface area contributed by atoms with Crippen LogP contribution in [0.3, 0.4) is 0 Å². The number of anilines is 2. The van der Waals surface area contributed by atoms with Gasteiger partial charge in [-0.15, -0.1) is 0 Å². The molecule has 0 saturated carbocycles. The van der Waals surface area contributed by atoms with Crippen LogP contribution in [0.1, 0.15) is 2.74 Å². The van der Waals surface area contributed by atoms with Gasteiger partial charge in [-0.1, -0.05) is 0 Å². The Morgan fingerprint density at radius 2 is 1.09 bits per heavy atom. The molecule has 2 nitrogen and oxygen atoms in total. The second-order valence-electron chi connectivity index (χ2n) is 3.59. The van der Waals surface area contributed by atoms with E-state index in [9.17, 15) is 26.3 Å². The summed E-state index contributed by atoms with van der Waals surface area (Å²) in [4.78, 5) is 0. The Kier molecular flexibility index (Phi) is 5.49. The van der Waals surface area contributed by atoms with Crippen molar-refractivity contribution in [2.75, 3.05) is 11.5 Å². The van der Waals surface area contributed by atoms with Crippen molar-refractivity contribution < 1.29 is 29.1 Å². The van der Waals surface area contributed by atoms with Gasteiger partial charge < -0.3 is 11.5 Å². The molecule has 0 spiro atoms. The molecule has 2 aromatic rings. The maximum atomic E-state index is 12.9. The number of nitrogen functional groups attached to an aromatic ring is 2. The van der Waals surface area contributed by atoms with Gasteiger partial charge in [0.25, 0.3) is 0 Å². The lowest BCUT2D eigenvalue weighted by Crippen LogP contribution is -2.04. The normalized spacial score (nSPS) is 11.5. The summed E-state index contributed by atoms with van der Waals surface area (Å²) < 4.78 is 89.0. The van der Waals surface area contributed by atoms with Crippen molar-refractivity contribution in [3.8, 4) is 0 Å². The third-order valence-corrected chi connectivity index (χ3v) is 4.05. The van der Waals surface area contributed by atoms with Gasteiger partial charge in [0.1, 0.15) is 17.2 Å². The van der Waals surface area contributed by atoms with E-state index in [0.717, 1.165) is 0 Å². The van der Waals surface area contributed by atoms with Crippen LogP contribution in [-0.4, -0.2) is 0 Å². The Labute approximate surface area is 151 Å². The van der Waals surface area contributed by atoms with E-state index in [4.69, 9.17) is 14.2 Å². The minimum absolute atomic E-state index is 0.282. The molecular formula is C12H6F6I2N2. The highest BCUT2D eigenvalue weighted by Gasteiger charge is 2.19. The van der Waals surface area contributed by atoms with Gasteiger partial charge in [-0.3, -0.25) is 0 Å². The van der Waals surface area contributed by atoms with E-state index < -0.39 is 58.4 Å². The molecule has 0 bridgehead atoms. The van der Waals surface area contributed by atoms with Crippen molar-refractivity contribution in [2.24, 2.45) is 0 Å². The van der Waals surface area contributed by atoms with Crippen molar-refractivity contribution in [2.45, 2.75) is 0 Å².